The second kappa shape index (κ2) is 10.1. The van der Waals surface area contributed by atoms with Gasteiger partial charge >= 0.3 is 0 Å². The maximum absolute atomic E-state index is 3.72. The molecule has 1 aliphatic rings. The molecule has 1 rings (SSSR count). The first kappa shape index (κ1) is 18.3. The summed E-state index contributed by atoms with van der Waals surface area (Å²) in [6.45, 7) is 8.30. The van der Waals surface area contributed by atoms with Crippen molar-refractivity contribution in [3.05, 3.63) is 0 Å². The second-order valence-electron chi connectivity index (χ2n) is 6.81. The first-order valence-electron chi connectivity index (χ1n) is 8.53. The summed E-state index contributed by atoms with van der Waals surface area (Å²) < 4.78 is 0. The number of nitrogens with one attached hydrogen (secondary N) is 1. The van der Waals surface area contributed by atoms with Crippen molar-refractivity contribution in [2.24, 2.45) is 5.41 Å². The van der Waals surface area contributed by atoms with Gasteiger partial charge in [0, 0.05) is 24.9 Å². The third kappa shape index (κ3) is 6.36. The lowest BCUT2D eigenvalue weighted by molar-refractivity contribution is 0.127. The smallest absolute Gasteiger partial charge is 0.0155 e. The van der Waals surface area contributed by atoms with E-state index in [2.05, 4.69) is 37.4 Å². The SMILES string of the molecule is CCCNCC1(CN(C)C(C)CSC)CCCCCC1. The van der Waals surface area contributed by atoms with Crippen LogP contribution in [0.25, 0.3) is 0 Å². The molecule has 0 aromatic rings. The maximum atomic E-state index is 3.72. The highest BCUT2D eigenvalue weighted by atomic mass is 32.2. The van der Waals surface area contributed by atoms with Crippen molar-refractivity contribution in [2.75, 3.05) is 38.7 Å². The Morgan fingerprint density at radius 1 is 1.20 bits per heavy atom. The first-order chi connectivity index (χ1) is 9.63. The molecule has 2 nitrogen and oxygen atoms in total. The molecule has 3 heteroatoms. The lowest BCUT2D eigenvalue weighted by atomic mass is 9.79. The van der Waals surface area contributed by atoms with Crippen LogP contribution in [0.1, 0.15) is 58.8 Å². The largest absolute Gasteiger partial charge is 0.316 e. The van der Waals surface area contributed by atoms with Gasteiger partial charge in [0.05, 0.1) is 0 Å². The van der Waals surface area contributed by atoms with Crippen LogP contribution in [-0.2, 0) is 0 Å². The van der Waals surface area contributed by atoms with E-state index in [1.54, 1.807) is 0 Å². The number of rotatable bonds is 9. The Labute approximate surface area is 131 Å². The molecule has 0 radical (unpaired) electrons. The lowest BCUT2D eigenvalue weighted by Gasteiger charge is -2.39. The monoisotopic (exact) mass is 300 g/mol. The van der Waals surface area contributed by atoms with E-state index in [0.29, 0.717) is 11.5 Å². The van der Waals surface area contributed by atoms with Gasteiger partial charge in [0.1, 0.15) is 0 Å². The zero-order valence-electron chi connectivity index (χ0n) is 14.2. The van der Waals surface area contributed by atoms with Crippen molar-refractivity contribution >= 4 is 11.8 Å². The highest BCUT2D eigenvalue weighted by molar-refractivity contribution is 7.98. The van der Waals surface area contributed by atoms with E-state index in [0.717, 1.165) is 0 Å². The van der Waals surface area contributed by atoms with Crippen LogP contribution in [0.4, 0.5) is 0 Å². The molecule has 0 aromatic carbocycles. The van der Waals surface area contributed by atoms with Gasteiger partial charge in [-0.05, 0) is 51.4 Å². The maximum Gasteiger partial charge on any atom is 0.0155 e. The molecule has 0 heterocycles. The summed E-state index contributed by atoms with van der Waals surface area (Å²) in [4.78, 5) is 2.61. The molecular weight excluding hydrogens is 264 g/mol. The van der Waals surface area contributed by atoms with Crippen molar-refractivity contribution in [2.45, 2.75) is 64.8 Å². The van der Waals surface area contributed by atoms with Crippen LogP contribution in [0.15, 0.2) is 0 Å². The number of nitrogens with zero attached hydrogens (tertiary/aromatic N) is 1. The molecule has 1 unspecified atom stereocenters. The van der Waals surface area contributed by atoms with Gasteiger partial charge < -0.3 is 10.2 Å². The van der Waals surface area contributed by atoms with Crippen LogP contribution in [0.5, 0.6) is 0 Å². The quantitative estimate of drug-likeness (QED) is 0.511. The fraction of sp³-hybridized carbons (Fsp3) is 1.00. The Morgan fingerprint density at radius 3 is 2.40 bits per heavy atom. The van der Waals surface area contributed by atoms with Gasteiger partial charge in [-0.1, -0.05) is 32.6 Å². The Hall–Kier alpha value is 0.270. The van der Waals surface area contributed by atoms with E-state index in [9.17, 15) is 0 Å². The van der Waals surface area contributed by atoms with Crippen LogP contribution >= 0.6 is 11.8 Å². The molecule has 0 aromatic heterocycles. The average Bonchev–Trinajstić information content (AvgIpc) is 2.65. The Bertz CT molecular complexity index is 237. The first-order valence-corrected chi connectivity index (χ1v) is 9.93. The molecular formula is C17H36N2S. The van der Waals surface area contributed by atoms with E-state index in [1.807, 2.05) is 11.8 Å². The van der Waals surface area contributed by atoms with Gasteiger partial charge in [0.25, 0.3) is 0 Å². The Balaban J connectivity index is 2.60. The molecule has 0 saturated heterocycles. The average molecular weight is 301 g/mol. The van der Waals surface area contributed by atoms with Crippen LogP contribution in [-0.4, -0.2) is 49.6 Å². The minimum atomic E-state index is 0.521. The van der Waals surface area contributed by atoms with Gasteiger partial charge in [-0.25, -0.2) is 0 Å². The standard InChI is InChI=1S/C17H36N2S/c1-5-12-18-14-17(10-8-6-7-9-11-17)15-19(3)16(2)13-20-4/h16,18H,5-15H2,1-4H3. The van der Waals surface area contributed by atoms with E-state index in [1.165, 1.54) is 70.3 Å². The second-order valence-corrected chi connectivity index (χ2v) is 7.72. The molecule has 0 bridgehead atoms. The zero-order chi connectivity index (χ0) is 14.8. The summed E-state index contributed by atoms with van der Waals surface area (Å²) >= 11 is 1.97. The molecule has 0 amide bonds. The zero-order valence-corrected chi connectivity index (χ0v) is 15.0. The number of thioether (sulfide) groups is 1. The van der Waals surface area contributed by atoms with E-state index < -0.39 is 0 Å². The van der Waals surface area contributed by atoms with Gasteiger partial charge in [-0.15, -0.1) is 0 Å². The summed E-state index contributed by atoms with van der Waals surface area (Å²) in [6.07, 6.45) is 12.0. The van der Waals surface area contributed by atoms with Crippen LogP contribution in [0.2, 0.25) is 0 Å². The molecule has 1 atom stereocenters. The van der Waals surface area contributed by atoms with E-state index in [-0.39, 0.29) is 0 Å². The predicted molar refractivity (Wildman–Crippen MR) is 93.8 cm³/mol. The summed E-state index contributed by atoms with van der Waals surface area (Å²) in [5.41, 5.74) is 0.521. The van der Waals surface area contributed by atoms with Gasteiger partial charge in [0.15, 0.2) is 0 Å². The van der Waals surface area contributed by atoms with E-state index in [4.69, 9.17) is 0 Å². The Morgan fingerprint density at radius 2 is 1.85 bits per heavy atom. The van der Waals surface area contributed by atoms with Gasteiger partial charge in [0.2, 0.25) is 0 Å². The molecule has 0 aliphatic heterocycles. The van der Waals surface area contributed by atoms with Gasteiger partial charge in [-0.2, -0.15) is 11.8 Å². The Kier molecular flexibility index (Phi) is 9.23. The third-order valence-electron chi connectivity index (χ3n) is 4.84. The van der Waals surface area contributed by atoms with Crippen molar-refractivity contribution < 1.29 is 0 Å². The fourth-order valence-corrected chi connectivity index (χ4v) is 4.19. The molecule has 1 N–H and O–H groups in total. The number of hydrogen-bond donors (Lipinski definition) is 1. The summed E-state index contributed by atoms with van der Waals surface area (Å²) in [7, 11) is 2.33. The van der Waals surface area contributed by atoms with Crippen LogP contribution < -0.4 is 5.32 Å². The molecule has 1 aliphatic carbocycles. The third-order valence-corrected chi connectivity index (χ3v) is 5.65. The van der Waals surface area contributed by atoms with Crippen LogP contribution in [0, 0.1) is 5.41 Å². The minimum absolute atomic E-state index is 0.521. The molecule has 1 saturated carbocycles. The highest BCUT2D eigenvalue weighted by Gasteiger charge is 2.32. The summed E-state index contributed by atoms with van der Waals surface area (Å²) in [5.74, 6) is 1.25. The van der Waals surface area contributed by atoms with E-state index >= 15 is 0 Å². The van der Waals surface area contributed by atoms with Crippen molar-refractivity contribution in [1.82, 2.24) is 10.2 Å². The highest BCUT2D eigenvalue weighted by Crippen LogP contribution is 2.35. The summed E-state index contributed by atoms with van der Waals surface area (Å²) in [6, 6.07) is 0.691. The van der Waals surface area contributed by atoms with Crippen LogP contribution in [0.3, 0.4) is 0 Å². The molecule has 0 spiro atoms. The fourth-order valence-electron chi connectivity index (χ4n) is 3.45. The van der Waals surface area contributed by atoms with Gasteiger partial charge in [-0.3, -0.25) is 0 Å². The normalized spacial score (nSPS) is 20.9. The summed E-state index contributed by atoms with van der Waals surface area (Å²) in [5, 5.41) is 3.72. The lowest BCUT2D eigenvalue weighted by Crippen LogP contribution is -2.46. The molecule has 20 heavy (non-hydrogen) atoms. The molecule has 120 valence electrons. The topological polar surface area (TPSA) is 15.3 Å². The van der Waals surface area contributed by atoms with Crippen molar-refractivity contribution in [1.29, 1.82) is 0 Å². The predicted octanol–water partition coefficient (Wildman–Crippen LogP) is 4.01. The van der Waals surface area contributed by atoms with Crippen molar-refractivity contribution in [3.8, 4) is 0 Å². The minimum Gasteiger partial charge on any atom is -0.316 e. The van der Waals surface area contributed by atoms with Crippen molar-refractivity contribution in [3.63, 3.8) is 0 Å². The number of hydrogen-bond acceptors (Lipinski definition) is 3. The molecule has 1 fully saturated rings.